The smallest absolute Gasteiger partial charge is 0.372 e. The number of nitrogens with zero attached hydrogens (tertiary/aromatic N) is 3. The topological polar surface area (TPSA) is 57.0 Å². The molecule has 0 aliphatic carbocycles. The van der Waals surface area contributed by atoms with Crippen LogP contribution in [0.5, 0.6) is 0 Å². The van der Waals surface area contributed by atoms with E-state index in [1.807, 2.05) is 48.8 Å². The van der Waals surface area contributed by atoms with Gasteiger partial charge in [-0.2, -0.15) is 0 Å². The summed E-state index contributed by atoms with van der Waals surface area (Å²) in [5, 5.41) is -0.279. The summed E-state index contributed by atoms with van der Waals surface area (Å²) in [5.74, 6) is 1.14. The average molecular weight is 365 g/mol. The Morgan fingerprint density at radius 3 is 2.65 bits per heavy atom. The summed E-state index contributed by atoms with van der Waals surface area (Å²) in [4.78, 5) is 21.5. The number of aryl methyl sites for hydroxylation is 1. The molecule has 26 heavy (non-hydrogen) atoms. The molecule has 0 N–H and O–H groups in total. The molecule has 0 amide bonds. The second kappa shape index (κ2) is 7.33. The van der Waals surface area contributed by atoms with Gasteiger partial charge in [0.25, 0.3) is 0 Å². The summed E-state index contributed by atoms with van der Waals surface area (Å²) in [6, 6.07) is 12.0. The maximum atomic E-state index is 11.6. The molecule has 1 aliphatic heterocycles. The molecule has 0 unspecified atom stereocenters. The summed E-state index contributed by atoms with van der Waals surface area (Å²) < 4.78 is 7.29. The van der Waals surface area contributed by atoms with Gasteiger partial charge in [0, 0.05) is 41.4 Å². The lowest BCUT2D eigenvalue weighted by atomic mass is 10.1. The highest BCUT2D eigenvalue weighted by molar-refractivity contribution is 8.13. The minimum Gasteiger partial charge on any atom is -0.458 e. The van der Waals surface area contributed by atoms with Gasteiger partial charge in [-0.25, -0.2) is 9.78 Å². The Kier molecular flexibility index (Phi) is 4.75. The number of carbonyl (C=O) groups is 1. The number of pyridine rings is 1. The quantitative estimate of drug-likeness (QED) is 0.491. The second-order valence-electron chi connectivity index (χ2n) is 6.03. The molecule has 2 aromatic heterocycles. The Morgan fingerprint density at radius 1 is 1.15 bits per heavy atom. The van der Waals surface area contributed by atoms with Crippen LogP contribution in [0.4, 0.5) is 4.79 Å². The number of carbonyl (C=O) groups excluding carboxylic acids is 1. The number of thioether (sulfide) groups is 1. The van der Waals surface area contributed by atoms with Crippen LogP contribution in [0, 0.1) is 0 Å². The van der Waals surface area contributed by atoms with Crippen molar-refractivity contribution in [2.24, 2.45) is 0 Å². The van der Waals surface area contributed by atoms with Crippen LogP contribution in [-0.4, -0.2) is 26.4 Å². The summed E-state index contributed by atoms with van der Waals surface area (Å²) >= 11 is 1.10. The van der Waals surface area contributed by atoms with Crippen LogP contribution in [0.25, 0.3) is 22.5 Å². The molecule has 4 rings (SSSR count). The summed E-state index contributed by atoms with van der Waals surface area (Å²) in [5.41, 5.74) is 4.30. The van der Waals surface area contributed by atoms with E-state index in [0.717, 1.165) is 64.4 Å². The minimum absolute atomic E-state index is 0.279. The molecule has 0 spiro atoms. The molecule has 3 aromatic rings. The summed E-state index contributed by atoms with van der Waals surface area (Å²) in [6.07, 6.45) is 5.77. The van der Waals surface area contributed by atoms with E-state index in [4.69, 9.17) is 9.72 Å². The average Bonchev–Trinajstić information content (AvgIpc) is 3.24. The van der Waals surface area contributed by atoms with E-state index < -0.39 is 0 Å². The normalized spacial score (nSPS) is 12.8. The van der Waals surface area contributed by atoms with Crippen molar-refractivity contribution < 1.29 is 9.53 Å². The van der Waals surface area contributed by atoms with Gasteiger partial charge in [0.15, 0.2) is 0 Å². The third-order valence-corrected chi connectivity index (χ3v) is 5.17. The van der Waals surface area contributed by atoms with Crippen LogP contribution < -0.4 is 0 Å². The highest BCUT2D eigenvalue weighted by Crippen LogP contribution is 2.36. The van der Waals surface area contributed by atoms with Crippen LogP contribution in [0.3, 0.4) is 0 Å². The van der Waals surface area contributed by atoms with Crippen LogP contribution in [0.15, 0.2) is 53.7 Å². The number of aromatic nitrogens is 3. The predicted molar refractivity (Wildman–Crippen MR) is 102 cm³/mol. The zero-order valence-corrected chi connectivity index (χ0v) is 15.3. The Labute approximate surface area is 156 Å². The fourth-order valence-corrected chi connectivity index (χ4v) is 3.90. The lowest BCUT2D eigenvalue weighted by molar-refractivity contribution is 0.181. The first kappa shape index (κ1) is 16.8. The SMILES string of the molecule is CCOC(=O)Sc1ccc(-c2nc3n(c2-c2ccncc2)CCC3)cc1. The monoisotopic (exact) mass is 365 g/mol. The second-order valence-corrected chi connectivity index (χ2v) is 7.03. The molecule has 3 heterocycles. The first-order valence-corrected chi connectivity index (χ1v) is 9.52. The molecule has 6 heteroatoms. The Morgan fingerprint density at radius 2 is 1.92 bits per heavy atom. The third kappa shape index (κ3) is 3.24. The van der Waals surface area contributed by atoms with E-state index in [1.54, 1.807) is 6.92 Å². The number of fused-ring (bicyclic) bond motifs is 1. The predicted octanol–water partition coefficient (Wildman–Crippen LogP) is 4.81. The van der Waals surface area contributed by atoms with Crippen molar-refractivity contribution in [2.75, 3.05) is 6.61 Å². The van der Waals surface area contributed by atoms with Crippen molar-refractivity contribution in [3.8, 4) is 22.5 Å². The van der Waals surface area contributed by atoms with Gasteiger partial charge in [-0.1, -0.05) is 12.1 Å². The van der Waals surface area contributed by atoms with Gasteiger partial charge in [0.1, 0.15) is 5.82 Å². The van der Waals surface area contributed by atoms with E-state index in [-0.39, 0.29) is 5.30 Å². The number of benzene rings is 1. The van der Waals surface area contributed by atoms with E-state index >= 15 is 0 Å². The van der Waals surface area contributed by atoms with E-state index in [1.165, 1.54) is 0 Å². The van der Waals surface area contributed by atoms with Crippen molar-refractivity contribution >= 4 is 17.1 Å². The molecule has 5 nitrogen and oxygen atoms in total. The number of hydrogen-bond acceptors (Lipinski definition) is 5. The van der Waals surface area contributed by atoms with Gasteiger partial charge in [0.05, 0.1) is 18.0 Å². The first-order valence-electron chi connectivity index (χ1n) is 8.71. The van der Waals surface area contributed by atoms with Crippen molar-refractivity contribution in [1.82, 2.24) is 14.5 Å². The Balaban J connectivity index is 1.69. The third-order valence-electron chi connectivity index (χ3n) is 4.37. The largest absolute Gasteiger partial charge is 0.458 e. The van der Waals surface area contributed by atoms with Gasteiger partial charge in [-0.15, -0.1) is 0 Å². The summed E-state index contributed by atoms with van der Waals surface area (Å²) in [7, 11) is 0. The fraction of sp³-hybridized carbons (Fsp3) is 0.250. The lowest BCUT2D eigenvalue weighted by Gasteiger charge is -2.09. The van der Waals surface area contributed by atoms with Crippen LogP contribution in [-0.2, 0) is 17.7 Å². The molecule has 1 aromatic carbocycles. The van der Waals surface area contributed by atoms with Crippen molar-refractivity contribution in [1.29, 1.82) is 0 Å². The molecule has 0 atom stereocenters. The van der Waals surface area contributed by atoms with Gasteiger partial charge < -0.3 is 9.30 Å². The zero-order chi connectivity index (χ0) is 17.9. The van der Waals surface area contributed by atoms with E-state index in [9.17, 15) is 4.79 Å². The van der Waals surface area contributed by atoms with Gasteiger partial charge in [-0.05, 0) is 49.4 Å². The Hall–Kier alpha value is -2.60. The molecule has 0 radical (unpaired) electrons. The molecule has 0 bridgehead atoms. The van der Waals surface area contributed by atoms with E-state index in [0.29, 0.717) is 6.61 Å². The number of imidazole rings is 1. The molecule has 1 aliphatic rings. The minimum atomic E-state index is -0.279. The zero-order valence-electron chi connectivity index (χ0n) is 14.5. The standard InChI is InChI=1S/C20H19N3O2S/c1-2-25-20(24)26-16-7-5-14(6-8-16)18-19(15-9-11-21-12-10-15)23-13-3-4-17(23)22-18/h5-12H,2-4,13H2,1H3. The fourth-order valence-electron chi connectivity index (χ4n) is 3.25. The highest BCUT2D eigenvalue weighted by atomic mass is 32.2. The molecule has 0 saturated heterocycles. The van der Waals surface area contributed by atoms with Crippen molar-refractivity contribution in [3.05, 3.63) is 54.6 Å². The Bertz CT molecular complexity index is 920. The van der Waals surface area contributed by atoms with Crippen molar-refractivity contribution in [2.45, 2.75) is 31.2 Å². The maximum Gasteiger partial charge on any atom is 0.372 e. The van der Waals surface area contributed by atoms with Gasteiger partial charge in [-0.3, -0.25) is 4.98 Å². The van der Waals surface area contributed by atoms with Crippen LogP contribution in [0.1, 0.15) is 19.2 Å². The number of rotatable bonds is 4. The molecule has 0 saturated carbocycles. The van der Waals surface area contributed by atoms with Gasteiger partial charge in [0.2, 0.25) is 0 Å². The molecular formula is C20H19N3O2S. The summed E-state index contributed by atoms with van der Waals surface area (Å²) in [6.45, 7) is 3.19. The number of ether oxygens (including phenoxy) is 1. The molecular weight excluding hydrogens is 346 g/mol. The van der Waals surface area contributed by atoms with Crippen LogP contribution >= 0.6 is 11.8 Å². The van der Waals surface area contributed by atoms with Gasteiger partial charge >= 0.3 is 5.30 Å². The molecule has 132 valence electrons. The van der Waals surface area contributed by atoms with Crippen LogP contribution in [0.2, 0.25) is 0 Å². The highest BCUT2D eigenvalue weighted by Gasteiger charge is 2.23. The lowest BCUT2D eigenvalue weighted by Crippen LogP contribution is -1.96. The maximum absolute atomic E-state index is 11.6. The first-order chi connectivity index (χ1) is 12.8. The van der Waals surface area contributed by atoms with E-state index in [2.05, 4.69) is 9.55 Å². The molecule has 0 fully saturated rings. The number of hydrogen-bond donors (Lipinski definition) is 0. The van der Waals surface area contributed by atoms with Crippen molar-refractivity contribution in [3.63, 3.8) is 0 Å².